The molecule has 0 saturated carbocycles. The fraction of sp³-hybridized carbons (Fsp3) is 0.500. The first-order valence-electron chi connectivity index (χ1n) is 6.59. The number of anilines is 1. The van der Waals surface area contributed by atoms with E-state index in [4.69, 9.17) is 0 Å². The second kappa shape index (κ2) is 5.82. The molecule has 5 nitrogen and oxygen atoms in total. The molecule has 0 radical (unpaired) electrons. The summed E-state index contributed by atoms with van der Waals surface area (Å²) < 4.78 is 0. The van der Waals surface area contributed by atoms with E-state index in [2.05, 4.69) is 17.2 Å². The molecule has 1 fully saturated rings. The summed E-state index contributed by atoms with van der Waals surface area (Å²) in [6, 6.07) is 3.58. The smallest absolute Gasteiger partial charge is 0.315 e. The Balaban J connectivity index is 1.97. The van der Waals surface area contributed by atoms with E-state index in [-0.39, 0.29) is 0 Å². The number of likely N-dealkylation sites (tertiary alicyclic amines) is 1. The standard InChI is InChI=1S/C14H19N3O2/c1-10-5-6-15-12(8-10)16-13(18)14(19)17-7-3-4-11(2)9-17/h5-6,8,11H,3-4,7,9H2,1-2H3,(H,15,16,18). The Bertz CT molecular complexity index is 487. The monoisotopic (exact) mass is 261 g/mol. The quantitative estimate of drug-likeness (QED) is 0.781. The van der Waals surface area contributed by atoms with Crippen molar-refractivity contribution in [3.63, 3.8) is 0 Å². The Morgan fingerprint density at radius 3 is 2.95 bits per heavy atom. The Kier molecular flexibility index (Phi) is 4.14. The predicted octanol–water partition coefficient (Wildman–Crippen LogP) is 1.59. The van der Waals surface area contributed by atoms with Crippen LogP contribution >= 0.6 is 0 Å². The zero-order valence-electron chi connectivity index (χ0n) is 11.3. The predicted molar refractivity (Wildman–Crippen MR) is 72.6 cm³/mol. The van der Waals surface area contributed by atoms with E-state index in [1.807, 2.05) is 13.0 Å². The normalized spacial score (nSPS) is 19.1. The summed E-state index contributed by atoms with van der Waals surface area (Å²) in [5.74, 6) is -0.187. The van der Waals surface area contributed by atoms with Gasteiger partial charge in [-0.2, -0.15) is 0 Å². The molecule has 19 heavy (non-hydrogen) atoms. The second-order valence-corrected chi connectivity index (χ2v) is 5.17. The topological polar surface area (TPSA) is 62.3 Å². The minimum atomic E-state index is -0.604. The van der Waals surface area contributed by atoms with Gasteiger partial charge in [-0.3, -0.25) is 9.59 Å². The molecule has 2 rings (SSSR count). The fourth-order valence-electron chi connectivity index (χ4n) is 2.29. The van der Waals surface area contributed by atoms with Crippen LogP contribution in [0.5, 0.6) is 0 Å². The Morgan fingerprint density at radius 1 is 1.47 bits per heavy atom. The lowest BCUT2D eigenvalue weighted by molar-refractivity contribution is -0.144. The van der Waals surface area contributed by atoms with Crippen molar-refractivity contribution >= 4 is 17.6 Å². The van der Waals surface area contributed by atoms with Crippen molar-refractivity contribution in [3.8, 4) is 0 Å². The maximum Gasteiger partial charge on any atom is 0.315 e. The number of pyridine rings is 1. The highest BCUT2D eigenvalue weighted by molar-refractivity contribution is 6.39. The molecule has 1 N–H and O–H groups in total. The van der Waals surface area contributed by atoms with Gasteiger partial charge in [0.1, 0.15) is 5.82 Å². The van der Waals surface area contributed by atoms with Crippen LogP contribution < -0.4 is 5.32 Å². The number of nitrogens with one attached hydrogen (secondary N) is 1. The van der Waals surface area contributed by atoms with Crippen LogP contribution in [0, 0.1) is 12.8 Å². The molecule has 1 aromatic heterocycles. The lowest BCUT2D eigenvalue weighted by Crippen LogP contribution is -2.44. The van der Waals surface area contributed by atoms with Crippen LogP contribution in [-0.4, -0.2) is 34.8 Å². The summed E-state index contributed by atoms with van der Waals surface area (Å²) in [5, 5.41) is 2.55. The van der Waals surface area contributed by atoms with Crippen LogP contribution in [0.4, 0.5) is 5.82 Å². The van der Waals surface area contributed by atoms with Gasteiger partial charge in [-0.05, 0) is 43.4 Å². The number of nitrogens with zero attached hydrogens (tertiary/aromatic N) is 2. The largest absolute Gasteiger partial charge is 0.334 e. The molecule has 102 valence electrons. The van der Waals surface area contributed by atoms with Crippen molar-refractivity contribution in [2.24, 2.45) is 5.92 Å². The van der Waals surface area contributed by atoms with Crippen molar-refractivity contribution in [1.82, 2.24) is 9.88 Å². The molecule has 2 amide bonds. The molecular weight excluding hydrogens is 242 g/mol. The molecule has 5 heteroatoms. The van der Waals surface area contributed by atoms with E-state index in [9.17, 15) is 9.59 Å². The number of hydrogen-bond acceptors (Lipinski definition) is 3. The first-order chi connectivity index (χ1) is 9.06. The Morgan fingerprint density at radius 2 is 2.26 bits per heavy atom. The molecule has 1 atom stereocenters. The molecule has 1 unspecified atom stereocenters. The molecule has 0 spiro atoms. The number of amides is 2. The summed E-state index contributed by atoms with van der Waals surface area (Å²) in [6.07, 6.45) is 3.69. The molecule has 1 aliphatic rings. The van der Waals surface area contributed by atoms with Crippen molar-refractivity contribution in [3.05, 3.63) is 23.9 Å². The minimum absolute atomic E-state index is 0.420. The van der Waals surface area contributed by atoms with E-state index < -0.39 is 11.8 Å². The number of piperidine rings is 1. The Labute approximate surface area is 113 Å². The number of rotatable bonds is 1. The molecule has 1 aliphatic heterocycles. The summed E-state index contributed by atoms with van der Waals surface area (Å²) >= 11 is 0. The maximum absolute atomic E-state index is 12.0. The fourth-order valence-corrected chi connectivity index (χ4v) is 2.29. The van der Waals surface area contributed by atoms with Crippen LogP contribution in [0.3, 0.4) is 0 Å². The molecule has 0 bridgehead atoms. The van der Waals surface area contributed by atoms with E-state index in [1.54, 1.807) is 17.2 Å². The van der Waals surface area contributed by atoms with Crippen molar-refractivity contribution < 1.29 is 9.59 Å². The van der Waals surface area contributed by atoms with Gasteiger partial charge in [0.15, 0.2) is 0 Å². The van der Waals surface area contributed by atoms with Gasteiger partial charge in [0, 0.05) is 19.3 Å². The highest BCUT2D eigenvalue weighted by Crippen LogP contribution is 2.15. The third-order valence-corrected chi connectivity index (χ3v) is 3.30. The number of aryl methyl sites for hydroxylation is 1. The third kappa shape index (κ3) is 3.53. The van der Waals surface area contributed by atoms with E-state index >= 15 is 0 Å². The van der Waals surface area contributed by atoms with Crippen molar-refractivity contribution in [2.45, 2.75) is 26.7 Å². The van der Waals surface area contributed by atoms with Crippen LogP contribution in [0.1, 0.15) is 25.3 Å². The highest BCUT2D eigenvalue weighted by atomic mass is 16.2. The van der Waals surface area contributed by atoms with Crippen LogP contribution in [0.15, 0.2) is 18.3 Å². The molecule has 0 aromatic carbocycles. The van der Waals surface area contributed by atoms with Gasteiger partial charge in [0.2, 0.25) is 0 Å². The first-order valence-corrected chi connectivity index (χ1v) is 6.59. The molecule has 1 saturated heterocycles. The van der Waals surface area contributed by atoms with Crippen LogP contribution in [0.2, 0.25) is 0 Å². The Hall–Kier alpha value is -1.91. The third-order valence-electron chi connectivity index (χ3n) is 3.30. The number of carbonyl (C=O) groups is 2. The molecular formula is C14H19N3O2. The number of aromatic nitrogens is 1. The average molecular weight is 261 g/mol. The van der Waals surface area contributed by atoms with Gasteiger partial charge in [-0.15, -0.1) is 0 Å². The second-order valence-electron chi connectivity index (χ2n) is 5.17. The molecule has 1 aromatic rings. The summed E-state index contributed by atoms with van der Waals surface area (Å²) in [5.41, 5.74) is 0.990. The molecule has 0 aliphatic carbocycles. The van der Waals surface area contributed by atoms with E-state index in [0.717, 1.165) is 18.4 Å². The zero-order chi connectivity index (χ0) is 13.8. The van der Waals surface area contributed by atoms with E-state index in [0.29, 0.717) is 24.8 Å². The summed E-state index contributed by atoms with van der Waals surface area (Å²) in [6.45, 7) is 5.33. The lowest BCUT2D eigenvalue weighted by atomic mass is 10.0. The van der Waals surface area contributed by atoms with Gasteiger partial charge >= 0.3 is 11.8 Å². The summed E-state index contributed by atoms with van der Waals surface area (Å²) in [4.78, 5) is 29.6. The first kappa shape index (κ1) is 13.5. The zero-order valence-corrected chi connectivity index (χ0v) is 11.3. The van der Waals surface area contributed by atoms with Crippen LogP contribution in [-0.2, 0) is 9.59 Å². The highest BCUT2D eigenvalue weighted by Gasteiger charge is 2.26. The van der Waals surface area contributed by atoms with Crippen LogP contribution in [0.25, 0.3) is 0 Å². The lowest BCUT2D eigenvalue weighted by Gasteiger charge is -2.30. The van der Waals surface area contributed by atoms with Gasteiger partial charge < -0.3 is 10.2 Å². The molecule has 2 heterocycles. The maximum atomic E-state index is 12.0. The van der Waals surface area contributed by atoms with Gasteiger partial charge in [0.05, 0.1) is 0 Å². The minimum Gasteiger partial charge on any atom is -0.334 e. The average Bonchev–Trinajstić information content (AvgIpc) is 2.38. The van der Waals surface area contributed by atoms with Crippen molar-refractivity contribution in [1.29, 1.82) is 0 Å². The van der Waals surface area contributed by atoms with Gasteiger partial charge in [-0.25, -0.2) is 4.98 Å². The SMILES string of the molecule is Cc1ccnc(NC(=O)C(=O)N2CCCC(C)C2)c1. The van der Waals surface area contributed by atoms with E-state index in [1.165, 1.54) is 0 Å². The van der Waals surface area contributed by atoms with Crippen molar-refractivity contribution in [2.75, 3.05) is 18.4 Å². The number of carbonyl (C=O) groups excluding carboxylic acids is 2. The van der Waals surface area contributed by atoms with Gasteiger partial charge in [-0.1, -0.05) is 6.92 Å². The number of hydrogen-bond donors (Lipinski definition) is 1. The summed E-state index contributed by atoms with van der Waals surface area (Å²) in [7, 11) is 0. The van der Waals surface area contributed by atoms with Gasteiger partial charge in [0.25, 0.3) is 0 Å².